The van der Waals surface area contributed by atoms with Crippen LogP contribution in [0.2, 0.25) is 0 Å². The van der Waals surface area contributed by atoms with Gasteiger partial charge < -0.3 is 10.6 Å². The van der Waals surface area contributed by atoms with Gasteiger partial charge in [-0.1, -0.05) is 25.1 Å². The smallest absolute Gasteiger partial charge is 0.163 e. The third-order valence-electron chi connectivity index (χ3n) is 5.80. The minimum absolute atomic E-state index is 0.491. The van der Waals surface area contributed by atoms with E-state index in [0.717, 1.165) is 58.5 Å². The zero-order valence-electron chi connectivity index (χ0n) is 16.9. The number of hydrogen-bond acceptors (Lipinski definition) is 6. The summed E-state index contributed by atoms with van der Waals surface area (Å²) in [5, 5.41) is 6.84. The lowest BCUT2D eigenvalue weighted by atomic mass is 10.1. The number of aryl methyl sites for hydroxylation is 2. The van der Waals surface area contributed by atoms with Crippen LogP contribution in [-0.2, 0) is 13.0 Å². The van der Waals surface area contributed by atoms with Crippen molar-refractivity contribution in [1.82, 2.24) is 24.7 Å². The fourth-order valence-corrected chi connectivity index (χ4v) is 4.32. The van der Waals surface area contributed by atoms with E-state index in [1.807, 2.05) is 4.68 Å². The predicted octanol–water partition coefficient (Wildman–Crippen LogP) is 3.48. The summed E-state index contributed by atoms with van der Waals surface area (Å²) in [5.41, 5.74) is 11.3. The van der Waals surface area contributed by atoms with Crippen LogP contribution in [0.4, 0.5) is 11.6 Å². The van der Waals surface area contributed by atoms with Crippen LogP contribution in [0.5, 0.6) is 0 Å². The number of anilines is 2. The molecule has 1 fully saturated rings. The van der Waals surface area contributed by atoms with Crippen molar-refractivity contribution in [3.63, 3.8) is 0 Å². The molecule has 7 heteroatoms. The third-order valence-corrected chi connectivity index (χ3v) is 5.80. The van der Waals surface area contributed by atoms with Gasteiger partial charge in [-0.2, -0.15) is 5.10 Å². The first-order valence-corrected chi connectivity index (χ1v) is 10.3. The summed E-state index contributed by atoms with van der Waals surface area (Å²) >= 11 is 0. The molecule has 1 aliphatic heterocycles. The highest BCUT2D eigenvalue weighted by Gasteiger charge is 2.21. The molecule has 1 aromatic carbocycles. The molecule has 0 spiro atoms. The number of nitrogens with zero attached hydrogens (tertiary/aromatic N) is 6. The van der Waals surface area contributed by atoms with E-state index in [4.69, 9.17) is 15.8 Å². The van der Waals surface area contributed by atoms with E-state index >= 15 is 0 Å². The Kier molecular flexibility index (Phi) is 4.30. The largest absolute Gasteiger partial charge is 0.383 e. The summed E-state index contributed by atoms with van der Waals surface area (Å²) in [5.74, 6) is 1.55. The normalized spacial score (nSPS) is 14.3. The number of rotatable bonds is 4. The van der Waals surface area contributed by atoms with Gasteiger partial charge in [0.05, 0.1) is 23.1 Å². The Labute approximate surface area is 169 Å². The Morgan fingerprint density at radius 1 is 1.14 bits per heavy atom. The molecular weight excluding hydrogens is 362 g/mol. The van der Waals surface area contributed by atoms with Gasteiger partial charge in [0.15, 0.2) is 5.65 Å². The molecule has 0 aliphatic carbocycles. The van der Waals surface area contributed by atoms with Crippen LogP contribution in [0.15, 0.2) is 30.6 Å². The molecule has 4 aromatic rings. The summed E-state index contributed by atoms with van der Waals surface area (Å²) in [6.07, 6.45) is 4.72. The van der Waals surface area contributed by atoms with E-state index in [0.29, 0.717) is 12.4 Å². The molecule has 2 N–H and O–H groups in total. The van der Waals surface area contributed by atoms with E-state index in [1.165, 1.54) is 24.7 Å². The third kappa shape index (κ3) is 2.97. The molecule has 0 atom stereocenters. The first-order chi connectivity index (χ1) is 14.2. The van der Waals surface area contributed by atoms with E-state index in [-0.39, 0.29) is 0 Å². The second-order valence-electron chi connectivity index (χ2n) is 7.73. The van der Waals surface area contributed by atoms with Crippen molar-refractivity contribution in [2.75, 3.05) is 23.7 Å². The highest BCUT2D eigenvalue weighted by Crippen LogP contribution is 2.30. The zero-order valence-corrected chi connectivity index (χ0v) is 16.9. The fraction of sp³-hybridized carbons (Fsp3) is 0.364. The average Bonchev–Trinajstić information content (AvgIpc) is 3.37. The molecule has 0 amide bonds. The van der Waals surface area contributed by atoms with Gasteiger partial charge in [-0.15, -0.1) is 0 Å². The molecule has 3 aromatic heterocycles. The maximum atomic E-state index is 6.13. The molecule has 1 aliphatic rings. The van der Waals surface area contributed by atoms with Crippen LogP contribution in [0.25, 0.3) is 21.9 Å². The summed E-state index contributed by atoms with van der Waals surface area (Å²) in [6, 6.07) is 8.60. The van der Waals surface area contributed by atoms with Crippen molar-refractivity contribution in [2.45, 2.75) is 39.7 Å². The number of benzene rings is 1. The minimum Gasteiger partial charge on any atom is -0.383 e. The van der Waals surface area contributed by atoms with Gasteiger partial charge in [-0.3, -0.25) is 0 Å². The number of para-hydroxylation sites is 1. The van der Waals surface area contributed by atoms with Crippen LogP contribution < -0.4 is 10.6 Å². The molecule has 0 saturated carbocycles. The van der Waals surface area contributed by atoms with E-state index in [2.05, 4.69) is 53.0 Å². The van der Waals surface area contributed by atoms with Crippen LogP contribution in [0, 0.1) is 6.92 Å². The van der Waals surface area contributed by atoms with Crippen molar-refractivity contribution in [1.29, 1.82) is 0 Å². The van der Waals surface area contributed by atoms with E-state index in [1.54, 1.807) is 0 Å². The first-order valence-electron chi connectivity index (χ1n) is 10.3. The molecule has 148 valence electrons. The molecular formula is C22H25N7. The Morgan fingerprint density at radius 3 is 2.76 bits per heavy atom. The predicted molar refractivity (Wildman–Crippen MR) is 116 cm³/mol. The topological polar surface area (TPSA) is 85.8 Å². The average molecular weight is 387 g/mol. The molecule has 4 heterocycles. The Hall–Kier alpha value is -3.22. The Morgan fingerprint density at radius 2 is 1.97 bits per heavy atom. The van der Waals surface area contributed by atoms with Gasteiger partial charge in [0.25, 0.3) is 0 Å². The fourth-order valence-electron chi connectivity index (χ4n) is 4.32. The number of hydrogen-bond donors (Lipinski definition) is 1. The molecule has 0 bridgehead atoms. The maximum Gasteiger partial charge on any atom is 0.163 e. The number of nitrogens with two attached hydrogens (primary N) is 1. The lowest BCUT2D eigenvalue weighted by Crippen LogP contribution is -2.22. The molecule has 5 rings (SSSR count). The lowest BCUT2D eigenvalue weighted by molar-refractivity contribution is 0.685. The van der Waals surface area contributed by atoms with Gasteiger partial charge in [-0.25, -0.2) is 19.6 Å². The Balaban J connectivity index is 1.68. The monoisotopic (exact) mass is 387 g/mol. The molecule has 0 unspecified atom stereocenters. The molecule has 7 nitrogen and oxygen atoms in total. The first kappa shape index (κ1) is 17.8. The van der Waals surface area contributed by atoms with Crippen LogP contribution in [0.3, 0.4) is 0 Å². The second kappa shape index (κ2) is 6.99. The van der Waals surface area contributed by atoms with Gasteiger partial charge in [-0.05, 0) is 37.8 Å². The van der Waals surface area contributed by atoms with Crippen molar-refractivity contribution < 1.29 is 0 Å². The molecule has 0 radical (unpaired) electrons. The maximum absolute atomic E-state index is 6.13. The second-order valence-corrected chi connectivity index (χ2v) is 7.73. The number of nitrogen functional groups attached to an aromatic ring is 1. The zero-order chi connectivity index (χ0) is 20.0. The van der Waals surface area contributed by atoms with Crippen LogP contribution >= 0.6 is 0 Å². The van der Waals surface area contributed by atoms with Crippen molar-refractivity contribution in [2.24, 2.45) is 0 Å². The van der Waals surface area contributed by atoms with Gasteiger partial charge in [0.2, 0.25) is 0 Å². The number of aromatic nitrogens is 5. The van der Waals surface area contributed by atoms with Gasteiger partial charge in [0, 0.05) is 24.0 Å². The quantitative estimate of drug-likeness (QED) is 0.577. The lowest BCUT2D eigenvalue weighted by Gasteiger charge is -2.21. The summed E-state index contributed by atoms with van der Waals surface area (Å²) in [4.78, 5) is 16.2. The highest BCUT2D eigenvalue weighted by molar-refractivity contribution is 5.88. The van der Waals surface area contributed by atoms with Crippen molar-refractivity contribution in [3.8, 4) is 0 Å². The number of fused-ring (bicyclic) bond motifs is 2. The van der Waals surface area contributed by atoms with Crippen molar-refractivity contribution >= 4 is 33.6 Å². The van der Waals surface area contributed by atoms with Crippen LogP contribution in [0.1, 0.15) is 36.6 Å². The van der Waals surface area contributed by atoms with E-state index < -0.39 is 0 Å². The van der Waals surface area contributed by atoms with Gasteiger partial charge >= 0.3 is 0 Å². The summed E-state index contributed by atoms with van der Waals surface area (Å²) in [7, 11) is 0. The molecule has 1 saturated heterocycles. The SMILES string of the molecule is CCc1nn(Cc2cc3cccc(C)c3nc2N2CCCC2)c2ncnc(N)c12. The Bertz CT molecular complexity index is 1200. The van der Waals surface area contributed by atoms with Crippen molar-refractivity contribution in [3.05, 3.63) is 47.4 Å². The standard InChI is InChI=1S/C22H25N7/c1-3-17-18-20(23)24-13-25-22(18)29(27-17)12-16-11-15-8-6-7-14(2)19(15)26-21(16)28-9-4-5-10-28/h6-8,11,13H,3-5,9-10,12H2,1-2H3,(H2,23,24,25). The van der Waals surface area contributed by atoms with Gasteiger partial charge in [0.1, 0.15) is 18.0 Å². The minimum atomic E-state index is 0.491. The number of pyridine rings is 1. The summed E-state index contributed by atoms with van der Waals surface area (Å²) in [6.45, 7) is 6.90. The summed E-state index contributed by atoms with van der Waals surface area (Å²) < 4.78 is 1.95. The van der Waals surface area contributed by atoms with Crippen LogP contribution in [-0.4, -0.2) is 37.8 Å². The molecule has 29 heavy (non-hydrogen) atoms. The highest BCUT2D eigenvalue weighted by atomic mass is 15.3. The van der Waals surface area contributed by atoms with E-state index in [9.17, 15) is 0 Å².